The molecule has 0 aliphatic heterocycles. The summed E-state index contributed by atoms with van der Waals surface area (Å²) in [6.45, 7) is 0. The minimum atomic E-state index is 0.991. The van der Waals surface area contributed by atoms with Crippen LogP contribution in [-0.2, 0) is 0 Å². The Morgan fingerprint density at radius 2 is 1.33 bits per heavy atom. The third-order valence-corrected chi connectivity index (χ3v) is 2.86. The van der Waals surface area contributed by atoms with Crippen LogP contribution in [0.5, 0.6) is 0 Å². The Kier molecular flexibility index (Phi) is 2.84. The topological polar surface area (TPSA) is 25.8 Å². The summed E-state index contributed by atoms with van der Waals surface area (Å²) >= 11 is 0. The number of hydrogen-bond acceptors (Lipinski definition) is 2. The Hall–Kier alpha value is -2.48. The second kappa shape index (κ2) is 4.80. The van der Waals surface area contributed by atoms with Crippen LogP contribution in [0.2, 0.25) is 0 Å². The van der Waals surface area contributed by atoms with E-state index < -0.39 is 0 Å². The molecule has 3 rings (SSSR count). The van der Waals surface area contributed by atoms with Crippen molar-refractivity contribution in [1.29, 1.82) is 0 Å². The molecule has 2 heterocycles. The van der Waals surface area contributed by atoms with Crippen molar-refractivity contribution in [3.05, 3.63) is 73.2 Å². The maximum Gasteiger partial charge on any atom is 0.0708 e. The van der Waals surface area contributed by atoms with E-state index in [1.807, 2.05) is 61.1 Å². The third kappa shape index (κ3) is 2.00. The van der Waals surface area contributed by atoms with E-state index in [9.17, 15) is 0 Å². The second-order valence-electron chi connectivity index (χ2n) is 4.00. The van der Waals surface area contributed by atoms with E-state index in [0.717, 1.165) is 16.8 Å². The molecule has 18 heavy (non-hydrogen) atoms. The molecular weight excluding hydrogens is 220 g/mol. The molecule has 3 aromatic rings. The summed E-state index contributed by atoms with van der Waals surface area (Å²) in [5, 5.41) is 0. The monoisotopic (exact) mass is 232 g/mol. The largest absolute Gasteiger partial charge is 0.265 e. The number of aromatic nitrogens is 2. The lowest BCUT2D eigenvalue weighted by atomic mass is 9.98. The van der Waals surface area contributed by atoms with Crippen molar-refractivity contribution < 1.29 is 0 Å². The number of pyridine rings is 2. The van der Waals surface area contributed by atoms with Gasteiger partial charge in [0.15, 0.2) is 0 Å². The molecule has 2 aromatic heterocycles. The van der Waals surface area contributed by atoms with E-state index in [1.54, 1.807) is 0 Å². The summed E-state index contributed by atoms with van der Waals surface area (Å²) < 4.78 is 0. The van der Waals surface area contributed by atoms with Gasteiger partial charge in [-0.1, -0.05) is 30.3 Å². The summed E-state index contributed by atoms with van der Waals surface area (Å²) in [5.41, 5.74) is 4.47. The van der Waals surface area contributed by atoms with Crippen molar-refractivity contribution in [3.63, 3.8) is 0 Å². The van der Waals surface area contributed by atoms with Crippen LogP contribution in [0.25, 0.3) is 22.4 Å². The minimum absolute atomic E-state index is 0.991. The Labute approximate surface area is 106 Å². The third-order valence-electron chi connectivity index (χ3n) is 2.86. The van der Waals surface area contributed by atoms with E-state index in [4.69, 9.17) is 0 Å². The lowest BCUT2D eigenvalue weighted by Crippen LogP contribution is -1.87. The Bertz CT molecular complexity index is 575. The molecule has 0 N–H and O–H groups in total. The quantitative estimate of drug-likeness (QED) is 0.671. The first-order valence-corrected chi connectivity index (χ1v) is 5.86. The number of nitrogens with zero attached hydrogens (tertiary/aromatic N) is 2. The number of hydrogen-bond donors (Lipinski definition) is 0. The first kappa shape index (κ1) is 10.7. The molecule has 0 aliphatic carbocycles. The Balaban J connectivity index is 2.18. The summed E-state index contributed by atoms with van der Waals surface area (Å²) in [4.78, 5) is 8.48. The van der Waals surface area contributed by atoms with Crippen molar-refractivity contribution >= 4 is 0 Å². The SMILES string of the molecule is c1ccc(-c2ccccc2-c2ccncc2)nc1. The predicted molar refractivity (Wildman–Crippen MR) is 72.9 cm³/mol. The van der Waals surface area contributed by atoms with Gasteiger partial charge in [0.25, 0.3) is 0 Å². The van der Waals surface area contributed by atoms with Crippen LogP contribution in [0, 0.1) is 0 Å². The zero-order chi connectivity index (χ0) is 12.2. The second-order valence-corrected chi connectivity index (χ2v) is 4.00. The highest BCUT2D eigenvalue weighted by atomic mass is 14.7. The Morgan fingerprint density at radius 1 is 0.611 bits per heavy atom. The predicted octanol–water partition coefficient (Wildman–Crippen LogP) is 3.81. The number of benzene rings is 1. The molecule has 2 heteroatoms. The van der Waals surface area contributed by atoms with Crippen LogP contribution < -0.4 is 0 Å². The fourth-order valence-electron chi connectivity index (χ4n) is 2.01. The van der Waals surface area contributed by atoms with Gasteiger partial charge in [-0.05, 0) is 35.4 Å². The van der Waals surface area contributed by atoms with Crippen molar-refractivity contribution in [1.82, 2.24) is 9.97 Å². The van der Waals surface area contributed by atoms with Crippen molar-refractivity contribution in [2.24, 2.45) is 0 Å². The maximum absolute atomic E-state index is 4.42. The molecule has 1 aromatic carbocycles. The van der Waals surface area contributed by atoms with Gasteiger partial charge in [-0.15, -0.1) is 0 Å². The van der Waals surface area contributed by atoms with Gasteiger partial charge in [0.2, 0.25) is 0 Å². The van der Waals surface area contributed by atoms with Gasteiger partial charge in [0.05, 0.1) is 5.69 Å². The van der Waals surface area contributed by atoms with Crippen LogP contribution in [-0.4, -0.2) is 9.97 Å². The van der Waals surface area contributed by atoms with Gasteiger partial charge in [0.1, 0.15) is 0 Å². The van der Waals surface area contributed by atoms with E-state index in [0.29, 0.717) is 0 Å². The van der Waals surface area contributed by atoms with Gasteiger partial charge >= 0.3 is 0 Å². The molecule has 2 nitrogen and oxygen atoms in total. The molecular formula is C16H12N2. The molecule has 0 amide bonds. The van der Waals surface area contributed by atoms with E-state index >= 15 is 0 Å². The van der Waals surface area contributed by atoms with Gasteiger partial charge in [-0.2, -0.15) is 0 Å². The van der Waals surface area contributed by atoms with Crippen LogP contribution in [0.3, 0.4) is 0 Å². The first-order chi connectivity index (χ1) is 8.95. The average molecular weight is 232 g/mol. The molecule has 0 saturated heterocycles. The highest BCUT2D eigenvalue weighted by Gasteiger charge is 2.06. The van der Waals surface area contributed by atoms with Gasteiger partial charge < -0.3 is 0 Å². The highest BCUT2D eigenvalue weighted by Crippen LogP contribution is 2.29. The summed E-state index contributed by atoms with van der Waals surface area (Å²) in [6, 6.07) is 18.3. The standard InChI is InChI=1S/C16H12N2/c1-2-6-15(16-7-3-4-10-18-16)14(5-1)13-8-11-17-12-9-13/h1-12H. The van der Waals surface area contributed by atoms with Crippen molar-refractivity contribution in [2.75, 3.05) is 0 Å². The molecule has 86 valence electrons. The van der Waals surface area contributed by atoms with Gasteiger partial charge in [-0.3, -0.25) is 9.97 Å². The number of rotatable bonds is 2. The Morgan fingerprint density at radius 3 is 2.06 bits per heavy atom. The molecule has 0 atom stereocenters. The summed E-state index contributed by atoms with van der Waals surface area (Å²) in [5.74, 6) is 0. The molecule has 0 spiro atoms. The normalized spacial score (nSPS) is 10.2. The summed E-state index contributed by atoms with van der Waals surface area (Å²) in [7, 11) is 0. The fourth-order valence-corrected chi connectivity index (χ4v) is 2.01. The van der Waals surface area contributed by atoms with Gasteiger partial charge in [0, 0.05) is 24.2 Å². The van der Waals surface area contributed by atoms with Crippen LogP contribution in [0.15, 0.2) is 73.2 Å². The summed E-state index contributed by atoms with van der Waals surface area (Å²) in [6.07, 6.45) is 5.44. The molecule has 0 unspecified atom stereocenters. The average Bonchev–Trinajstić information content (AvgIpc) is 2.49. The molecule has 0 saturated carbocycles. The smallest absolute Gasteiger partial charge is 0.0708 e. The lowest BCUT2D eigenvalue weighted by molar-refractivity contribution is 1.31. The minimum Gasteiger partial charge on any atom is -0.265 e. The fraction of sp³-hybridized carbons (Fsp3) is 0. The van der Waals surface area contributed by atoms with Crippen LogP contribution in [0.1, 0.15) is 0 Å². The zero-order valence-corrected chi connectivity index (χ0v) is 9.82. The molecule has 0 fully saturated rings. The lowest BCUT2D eigenvalue weighted by Gasteiger charge is -2.08. The van der Waals surface area contributed by atoms with Gasteiger partial charge in [-0.25, -0.2) is 0 Å². The first-order valence-electron chi connectivity index (χ1n) is 5.86. The van der Waals surface area contributed by atoms with E-state index in [-0.39, 0.29) is 0 Å². The zero-order valence-electron chi connectivity index (χ0n) is 9.82. The molecule has 0 aliphatic rings. The van der Waals surface area contributed by atoms with Crippen LogP contribution >= 0.6 is 0 Å². The molecule has 0 radical (unpaired) electrons. The van der Waals surface area contributed by atoms with Crippen molar-refractivity contribution in [2.45, 2.75) is 0 Å². The van der Waals surface area contributed by atoms with Crippen LogP contribution in [0.4, 0.5) is 0 Å². The van der Waals surface area contributed by atoms with E-state index in [1.165, 1.54) is 5.56 Å². The van der Waals surface area contributed by atoms with E-state index in [2.05, 4.69) is 22.1 Å². The van der Waals surface area contributed by atoms with Crippen molar-refractivity contribution in [3.8, 4) is 22.4 Å². The maximum atomic E-state index is 4.42. The molecule has 0 bridgehead atoms. The highest BCUT2D eigenvalue weighted by molar-refractivity contribution is 5.81.